The van der Waals surface area contributed by atoms with Gasteiger partial charge in [-0.15, -0.1) is 0 Å². The van der Waals surface area contributed by atoms with Gasteiger partial charge in [0.15, 0.2) is 0 Å². The van der Waals surface area contributed by atoms with Crippen molar-refractivity contribution in [2.75, 3.05) is 0 Å². The molecule has 21 heavy (non-hydrogen) atoms. The summed E-state index contributed by atoms with van der Waals surface area (Å²) in [5, 5.41) is 4.58. The van der Waals surface area contributed by atoms with Crippen LogP contribution in [0.1, 0.15) is 5.56 Å². The molecule has 0 radical (unpaired) electrons. The molecule has 4 aromatic rings. The van der Waals surface area contributed by atoms with E-state index in [4.69, 9.17) is 0 Å². The normalized spacial score (nSPS) is 11.3. The summed E-state index contributed by atoms with van der Waals surface area (Å²) in [6.07, 6.45) is 2.21. The monoisotopic (exact) mass is 339 g/mol. The predicted octanol–water partition coefficient (Wildman–Crippen LogP) is 3.24. The third kappa shape index (κ3) is 2.01. The van der Waals surface area contributed by atoms with Crippen LogP contribution in [0.2, 0.25) is 0 Å². The Balaban J connectivity index is 2.10. The van der Waals surface area contributed by atoms with E-state index in [2.05, 4.69) is 77.3 Å². The quantitative estimate of drug-likeness (QED) is 0.385. The number of aryl methyl sites for hydroxylation is 2. The summed E-state index contributed by atoms with van der Waals surface area (Å²) in [7, 11) is 2.11. The molecule has 0 saturated heterocycles. The van der Waals surface area contributed by atoms with Crippen LogP contribution < -0.4 is 4.57 Å². The van der Waals surface area contributed by atoms with E-state index in [-0.39, 0.29) is 0 Å². The second-order valence-electron chi connectivity index (χ2n) is 5.35. The van der Waals surface area contributed by atoms with Gasteiger partial charge in [0.05, 0.1) is 0 Å². The van der Waals surface area contributed by atoms with E-state index in [0.717, 1.165) is 0 Å². The van der Waals surface area contributed by atoms with Crippen molar-refractivity contribution in [3.8, 4) is 11.3 Å². The van der Waals surface area contributed by atoms with Crippen molar-refractivity contribution in [1.29, 1.82) is 0 Å². The van der Waals surface area contributed by atoms with Crippen LogP contribution in [0, 0.1) is 6.92 Å². The van der Waals surface area contributed by atoms with Gasteiger partial charge < -0.3 is 0 Å². The zero-order valence-corrected chi connectivity index (χ0v) is 13.7. The average Bonchev–Trinajstić information content (AvgIpc) is 2.96. The van der Waals surface area contributed by atoms with Crippen molar-refractivity contribution in [3.63, 3.8) is 0 Å². The fraction of sp³-hybridized carbons (Fsp3) is 0.111. The van der Waals surface area contributed by atoms with Crippen LogP contribution in [0.5, 0.6) is 0 Å². The van der Waals surface area contributed by atoms with E-state index in [1.165, 1.54) is 37.4 Å². The Bertz CT molecular complexity index is 969. The second kappa shape index (κ2) is 4.80. The van der Waals surface area contributed by atoms with Crippen molar-refractivity contribution < 1.29 is 4.57 Å². The minimum absolute atomic E-state index is 0.393. The van der Waals surface area contributed by atoms with Crippen LogP contribution in [0.15, 0.2) is 53.7 Å². The van der Waals surface area contributed by atoms with Crippen molar-refractivity contribution >= 4 is 35.1 Å². The number of rotatable bonds is 1. The summed E-state index contributed by atoms with van der Waals surface area (Å²) in [4.78, 5) is 4.61. The van der Waals surface area contributed by atoms with Gasteiger partial charge in [0.2, 0.25) is 0 Å². The van der Waals surface area contributed by atoms with E-state index < -0.39 is 0 Å². The van der Waals surface area contributed by atoms with E-state index in [1.54, 1.807) is 0 Å². The number of aromatic nitrogens is 2. The molecule has 4 rings (SSSR count). The number of benzene rings is 2. The molecule has 2 heterocycles. The summed E-state index contributed by atoms with van der Waals surface area (Å²) in [5.74, 6) is 0. The molecule has 0 spiro atoms. The third-order valence-corrected chi connectivity index (χ3v) is 5.66. The summed E-state index contributed by atoms with van der Waals surface area (Å²) in [6.45, 7) is 2.16. The van der Waals surface area contributed by atoms with E-state index >= 15 is 0 Å². The van der Waals surface area contributed by atoms with Crippen LogP contribution in [-0.4, -0.2) is 19.5 Å². The van der Waals surface area contributed by atoms with Crippen molar-refractivity contribution in [2.45, 2.75) is 6.92 Å². The molecule has 0 amide bonds. The SMILES string of the molecule is Cc1ccccc1-c1cc2c(ccc3[se]cnc32)c[n+]1C. The number of nitrogens with zero attached hydrogens (tertiary/aromatic N) is 2. The molecule has 0 bridgehead atoms. The van der Waals surface area contributed by atoms with Crippen LogP contribution in [-0.2, 0) is 7.05 Å². The van der Waals surface area contributed by atoms with Crippen molar-refractivity contribution in [2.24, 2.45) is 7.05 Å². The van der Waals surface area contributed by atoms with Gasteiger partial charge in [0.1, 0.15) is 0 Å². The standard InChI is InChI=1S/C18H15N2Se/c1-12-5-3-4-6-14(12)16-9-15-13(10-20(16)2)7-8-17-18(15)19-11-21-17/h3-11H,1-2H3/q+1. The fourth-order valence-electron chi connectivity index (χ4n) is 2.88. The maximum atomic E-state index is 4.61. The summed E-state index contributed by atoms with van der Waals surface area (Å²) >= 11 is 0.393. The molecule has 0 N–H and O–H groups in total. The van der Waals surface area contributed by atoms with Crippen LogP contribution in [0.25, 0.3) is 31.8 Å². The molecule has 0 aliphatic heterocycles. The Morgan fingerprint density at radius 3 is 2.81 bits per heavy atom. The molecule has 3 heteroatoms. The van der Waals surface area contributed by atoms with Crippen molar-refractivity contribution in [3.05, 3.63) is 59.3 Å². The summed E-state index contributed by atoms with van der Waals surface area (Å²) in [6, 6.07) is 15.3. The first kappa shape index (κ1) is 12.8. The molecule has 0 aliphatic rings. The number of pyridine rings is 1. The number of fused-ring (bicyclic) bond motifs is 3. The Morgan fingerprint density at radius 2 is 1.95 bits per heavy atom. The Labute approximate surface area is 129 Å². The summed E-state index contributed by atoms with van der Waals surface area (Å²) < 4.78 is 3.60. The van der Waals surface area contributed by atoms with Gasteiger partial charge in [-0.05, 0) is 0 Å². The number of hydrogen-bond donors (Lipinski definition) is 0. The van der Waals surface area contributed by atoms with E-state index in [1.807, 2.05) is 0 Å². The van der Waals surface area contributed by atoms with Gasteiger partial charge >= 0.3 is 129 Å². The van der Waals surface area contributed by atoms with E-state index in [9.17, 15) is 0 Å². The minimum atomic E-state index is 0.393. The first-order valence-electron chi connectivity index (χ1n) is 6.95. The Kier molecular flexibility index (Phi) is 2.91. The van der Waals surface area contributed by atoms with Crippen LogP contribution in [0.4, 0.5) is 0 Å². The first-order valence-corrected chi connectivity index (χ1v) is 8.80. The zero-order chi connectivity index (χ0) is 14.4. The van der Waals surface area contributed by atoms with Gasteiger partial charge in [0, 0.05) is 0 Å². The molecule has 0 aliphatic carbocycles. The molecule has 2 aromatic heterocycles. The molecule has 0 saturated carbocycles. The van der Waals surface area contributed by atoms with Gasteiger partial charge in [-0.3, -0.25) is 0 Å². The predicted molar refractivity (Wildman–Crippen MR) is 87.5 cm³/mol. The number of hydrogen-bond acceptors (Lipinski definition) is 1. The molecule has 102 valence electrons. The second-order valence-corrected chi connectivity index (χ2v) is 7.21. The van der Waals surface area contributed by atoms with Gasteiger partial charge in [-0.2, -0.15) is 0 Å². The molecule has 0 fully saturated rings. The molecular weight excluding hydrogens is 323 g/mol. The molecule has 0 unspecified atom stereocenters. The van der Waals surface area contributed by atoms with Gasteiger partial charge in [-0.25, -0.2) is 0 Å². The van der Waals surface area contributed by atoms with E-state index in [0.29, 0.717) is 14.5 Å². The molecule has 2 aromatic carbocycles. The molecular formula is C18H15N2Se+. The Hall–Kier alpha value is -1.96. The first-order chi connectivity index (χ1) is 10.2. The van der Waals surface area contributed by atoms with Crippen molar-refractivity contribution in [1.82, 2.24) is 4.98 Å². The average molecular weight is 338 g/mol. The molecule has 0 atom stereocenters. The summed E-state index contributed by atoms with van der Waals surface area (Å²) in [5.41, 5.74) is 4.99. The topological polar surface area (TPSA) is 16.8 Å². The van der Waals surface area contributed by atoms with Crippen LogP contribution >= 0.6 is 0 Å². The van der Waals surface area contributed by atoms with Gasteiger partial charge in [-0.1, -0.05) is 0 Å². The zero-order valence-electron chi connectivity index (χ0n) is 12.0. The third-order valence-electron chi connectivity index (χ3n) is 3.99. The van der Waals surface area contributed by atoms with Gasteiger partial charge in [0.25, 0.3) is 0 Å². The fourth-order valence-corrected chi connectivity index (χ4v) is 4.33. The van der Waals surface area contributed by atoms with Crippen LogP contribution in [0.3, 0.4) is 0 Å². The molecule has 2 nitrogen and oxygen atoms in total. The Morgan fingerprint density at radius 1 is 1.10 bits per heavy atom. The maximum absolute atomic E-state index is 4.61.